The number of rotatable bonds is 5. The molecule has 0 saturated heterocycles. The molecule has 0 atom stereocenters. The fraction of sp³-hybridized carbons (Fsp3) is 0.529. The Morgan fingerprint density at radius 1 is 1.29 bits per heavy atom. The quantitative estimate of drug-likeness (QED) is 0.717. The van der Waals surface area contributed by atoms with Gasteiger partial charge >= 0.3 is 0 Å². The first kappa shape index (κ1) is 15.3. The summed E-state index contributed by atoms with van der Waals surface area (Å²) in [5, 5.41) is 8.61. The summed E-state index contributed by atoms with van der Waals surface area (Å²) >= 11 is 0. The maximum atomic E-state index is 5.62. The highest BCUT2D eigenvalue weighted by Crippen LogP contribution is 2.46. The number of hydrogen-bond donors (Lipinski definition) is 0. The van der Waals surface area contributed by atoms with Crippen molar-refractivity contribution < 1.29 is 9.26 Å². The molecule has 3 aromatic heterocycles. The molecule has 1 saturated carbocycles. The van der Waals surface area contributed by atoms with Gasteiger partial charge in [0.2, 0.25) is 11.7 Å². The van der Waals surface area contributed by atoms with Crippen LogP contribution in [0.15, 0.2) is 16.8 Å². The molecular formula is C17H21N5O2. The van der Waals surface area contributed by atoms with Gasteiger partial charge in [-0.3, -0.25) is 0 Å². The van der Waals surface area contributed by atoms with Gasteiger partial charge in [0.05, 0.1) is 17.2 Å². The lowest BCUT2D eigenvalue weighted by molar-refractivity contribution is 0.104. The van der Waals surface area contributed by atoms with Crippen molar-refractivity contribution in [3.63, 3.8) is 0 Å². The van der Waals surface area contributed by atoms with E-state index in [1.165, 1.54) is 6.42 Å². The summed E-state index contributed by atoms with van der Waals surface area (Å²) in [5.74, 6) is 1.27. The lowest BCUT2D eigenvalue weighted by Crippen LogP contribution is -2.35. The number of nitrogens with zero attached hydrogens (tertiary/aromatic N) is 5. The van der Waals surface area contributed by atoms with Crippen LogP contribution in [0.25, 0.3) is 17.0 Å². The maximum absolute atomic E-state index is 5.62. The van der Waals surface area contributed by atoms with Gasteiger partial charge in [-0.2, -0.15) is 10.1 Å². The van der Waals surface area contributed by atoms with Crippen LogP contribution in [0.3, 0.4) is 0 Å². The van der Waals surface area contributed by atoms with Crippen molar-refractivity contribution in [3.05, 3.63) is 29.5 Å². The first-order valence-electron chi connectivity index (χ1n) is 8.28. The van der Waals surface area contributed by atoms with Crippen LogP contribution in [-0.4, -0.2) is 38.5 Å². The molecule has 0 spiro atoms. The van der Waals surface area contributed by atoms with E-state index in [1.807, 2.05) is 24.4 Å². The normalized spacial score (nSPS) is 16.5. The molecule has 7 nitrogen and oxygen atoms in total. The highest BCUT2D eigenvalue weighted by Gasteiger charge is 2.43. The fourth-order valence-corrected chi connectivity index (χ4v) is 3.45. The lowest BCUT2D eigenvalue weighted by Gasteiger charge is -2.38. The molecule has 0 aliphatic heterocycles. The minimum absolute atomic E-state index is 0.0243. The van der Waals surface area contributed by atoms with E-state index in [1.54, 1.807) is 13.3 Å². The summed E-state index contributed by atoms with van der Waals surface area (Å²) in [4.78, 5) is 9.27. The van der Waals surface area contributed by atoms with E-state index < -0.39 is 0 Å². The second-order valence-corrected chi connectivity index (χ2v) is 6.63. The smallest absolute Gasteiger partial charge is 0.233 e. The third-order valence-electron chi connectivity index (χ3n) is 4.99. The molecule has 24 heavy (non-hydrogen) atoms. The maximum Gasteiger partial charge on any atom is 0.233 e. The van der Waals surface area contributed by atoms with E-state index in [4.69, 9.17) is 9.26 Å². The summed E-state index contributed by atoms with van der Waals surface area (Å²) in [5.41, 5.74) is 3.52. The number of ether oxygens (including phenoxy) is 1. The van der Waals surface area contributed by atoms with Crippen LogP contribution in [0.4, 0.5) is 0 Å². The molecule has 0 bridgehead atoms. The van der Waals surface area contributed by atoms with Crippen molar-refractivity contribution in [1.82, 2.24) is 24.7 Å². The van der Waals surface area contributed by atoms with E-state index in [0.29, 0.717) is 18.3 Å². The van der Waals surface area contributed by atoms with E-state index in [0.717, 1.165) is 41.9 Å². The zero-order valence-electron chi connectivity index (χ0n) is 14.2. The van der Waals surface area contributed by atoms with Crippen LogP contribution >= 0.6 is 0 Å². The molecule has 1 aliphatic rings. The van der Waals surface area contributed by atoms with Crippen LogP contribution in [0.2, 0.25) is 0 Å². The Kier molecular flexibility index (Phi) is 3.60. The lowest BCUT2D eigenvalue weighted by atomic mass is 9.66. The predicted octanol–water partition coefficient (Wildman–Crippen LogP) is 2.85. The van der Waals surface area contributed by atoms with E-state index in [-0.39, 0.29) is 5.41 Å². The first-order valence-corrected chi connectivity index (χ1v) is 8.28. The minimum atomic E-state index is -0.0243. The van der Waals surface area contributed by atoms with Crippen LogP contribution in [0, 0.1) is 13.8 Å². The van der Waals surface area contributed by atoms with E-state index >= 15 is 0 Å². The first-order chi connectivity index (χ1) is 11.6. The SMILES string of the molecule is COCCC1(c2nc(-c3cnn4c(C)cc(C)nc34)no2)CCC1. The second-order valence-electron chi connectivity index (χ2n) is 6.63. The summed E-state index contributed by atoms with van der Waals surface area (Å²) < 4.78 is 12.7. The highest BCUT2D eigenvalue weighted by atomic mass is 16.5. The van der Waals surface area contributed by atoms with Crippen molar-refractivity contribution in [1.29, 1.82) is 0 Å². The topological polar surface area (TPSA) is 78.3 Å². The molecule has 0 radical (unpaired) electrons. The number of methoxy groups -OCH3 is 1. The average molecular weight is 327 g/mol. The number of fused-ring (bicyclic) bond motifs is 1. The Labute approximate surface area is 140 Å². The molecule has 3 heterocycles. The molecule has 3 aromatic rings. The number of aryl methyl sites for hydroxylation is 2. The number of hydrogen-bond acceptors (Lipinski definition) is 6. The van der Waals surface area contributed by atoms with Gasteiger partial charge in [0.25, 0.3) is 0 Å². The van der Waals surface area contributed by atoms with Crippen LogP contribution in [0.1, 0.15) is 43.0 Å². The summed E-state index contributed by atoms with van der Waals surface area (Å²) in [6, 6.07) is 2.00. The van der Waals surface area contributed by atoms with Crippen molar-refractivity contribution in [2.75, 3.05) is 13.7 Å². The molecule has 0 amide bonds. The Bertz CT molecular complexity index is 878. The molecule has 4 rings (SSSR count). The van der Waals surface area contributed by atoms with Gasteiger partial charge in [-0.1, -0.05) is 11.6 Å². The van der Waals surface area contributed by atoms with Crippen molar-refractivity contribution >= 4 is 5.65 Å². The molecule has 0 aromatic carbocycles. The van der Waals surface area contributed by atoms with Crippen LogP contribution in [-0.2, 0) is 10.2 Å². The fourth-order valence-electron chi connectivity index (χ4n) is 3.45. The van der Waals surface area contributed by atoms with Gasteiger partial charge in [0.15, 0.2) is 5.65 Å². The zero-order valence-corrected chi connectivity index (χ0v) is 14.2. The molecule has 1 fully saturated rings. The minimum Gasteiger partial charge on any atom is -0.385 e. The van der Waals surface area contributed by atoms with Crippen molar-refractivity contribution in [3.8, 4) is 11.4 Å². The van der Waals surface area contributed by atoms with Gasteiger partial charge in [-0.05, 0) is 39.2 Å². The van der Waals surface area contributed by atoms with Gasteiger partial charge in [-0.15, -0.1) is 0 Å². The Hall–Kier alpha value is -2.28. The van der Waals surface area contributed by atoms with Crippen molar-refractivity contribution in [2.24, 2.45) is 0 Å². The molecule has 0 N–H and O–H groups in total. The summed E-state index contributed by atoms with van der Waals surface area (Å²) in [7, 11) is 1.72. The van der Waals surface area contributed by atoms with Crippen LogP contribution < -0.4 is 0 Å². The number of aromatic nitrogens is 5. The molecular weight excluding hydrogens is 306 g/mol. The summed E-state index contributed by atoms with van der Waals surface area (Å²) in [6.45, 7) is 4.68. The Morgan fingerprint density at radius 3 is 2.83 bits per heavy atom. The third kappa shape index (κ3) is 2.31. The Morgan fingerprint density at radius 2 is 2.12 bits per heavy atom. The van der Waals surface area contributed by atoms with E-state index in [2.05, 4.69) is 20.2 Å². The summed E-state index contributed by atoms with van der Waals surface area (Å²) in [6.07, 6.45) is 6.01. The highest BCUT2D eigenvalue weighted by molar-refractivity contribution is 5.72. The average Bonchev–Trinajstić information content (AvgIpc) is 3.13. The Balaban J connectivity index is 1.73. The van der Waals surface area contributed by atoms with Gasteiger partial charge in [0, 0.05) is 25.1 Å². The molecule has 1 aliphatic carbocycles. The largest absolute Gasteiger partial charge is 0.385 e. The standard InChI is InChI=1S/C17H21N5O2/c1-11-9-12(2)22-15(19-11)13(10-18-22)14-20-16(24-21-14)17(5-4-6-17)7-8-23-3/h9-10H,4-8H2,1-3H3. The molecule has 0 unspecified atom stereocenters. The van der Waals surface area contributed by atoms with Crippen molar-refractivity contribution in [2.45, 2.75) is 44.9 Å². The predicted molar refractivity (Wildman–Crippen MR) is 87.8 cm³/mol. The van der Waals surface area contributed by atoms with Gasteiger partial charge in [-0.25, -0.2) is 9.50 Å². The molecule has 7 heteroatoms. The third-order valence-corrected chi connectivity index (χ3v) is 4.99. The second kappa shape index (κ2) is 5.66. The van der Waals surface area contributed by atoms with E-state index in [9.17, 15) is 0 Å². The monoisotopic (exact) mass is 327 g/mol. The van der Waals surface area contributed by atoms with Crippen LogP contribution in [0.5, 0.6) is 0 Å². The van der Waals surface area contributed by atoms with Gasteiger partial charge < -0.3 is 9.26 Å². The van der Waals surface area contributed by atoms with Gasteiger partial charge in [0.1, 0.15) is 0 Å². The zero-order chi connectivity index (χ0) is 16.7. The molecule has 126 valence electrons.